The SMILES string of the molecule is c1ccc2c(c1)Oc1cccc3cc(-c4ccc(-c5cccc6oc7ccc8ccccc8c7c56)cc4)cc-2c13. The minimum Gasteiger partial charge on any atom is -0.456 e. The van der Waals surface area contributed by atoms with Crippen LogP contribution in [0.15, 0.2) is 138 Å². The van der Waals surface area contributed by atoms with Crippen LogP contribution in [0.4, 0.5) is 0 Å². The maximum absolute atomic E-state index is 6.32. The fourth-order valence-electron chi connectivity index (χ4n) is 6.42. The third kappa shape index (κ3) is 3.05. The molecule has 2 heteroatoms. The molecule has 2 heterocycles. The average Bonchev–Trinajstić information content (AvgIpc) is 3.41. The maximum atomic E-state index is 6.32. The Morgan fingerprint density at radius 2 is 1.10 bits per heavy atom. The zero-order valence-electron chi connectivity index (χ0n) is 21.5. The van der Waals surface area contributed by atoms with Gasteiger partial charge < -0.3 is 9.15 Å². The highest BCUT2D eigenvalue weighted by molar-refractivity contribution is 6.22. The second kappa shape index (κ2) is 8.08. The highest BCUT2D eigenvalue weighted by Crippen LogP contribution is 2.48. The molecule has 186 valence electrons. The lowest BCUT2D eigenvalue weighted by Gasteiger charge is -2.22. The van der Waals surface area contributed by atoms with Gasteiger partial charge in [-0.1, -0.05) is 97.1 Å². The molecule has 7 aromatic carbocycles. The van der Waals surface area contributed by atoms with Crippen molar-refractivity contribution >= 4 is 43.5 Å². The maximum Gasteiger partial charge on any atom is 0.136 e. The van der Waals surface area contributed by atoms with Crippen molar-refractivity contribution in [2.45, 2.75) is 0 Å². The van der Waals surface area contributed by atoms with E-state index in [9.17, 15) is 0 Å². The molecule has 0 atom stereocenters. The van der Waals surface area contributed by atoms with Gasteiger partial charge in [0.25, 0.3) is 0 Å². The number of ether oxygens (including phenoxy) is 1. The van der Waals surface area contributed by atoms with Crippen molar-refractivity contribution in [1.82, 2.24) is 0 Å². The molecule has 8 aromatic rings. The lowest BCUT2D eigenvalue weighted by Crippen LogP contribution is -1.97. The summed E-state index contributed by atoms with van der Waals surface area (Å²) in [6, 6.07) is 47.2. The fraction of sp³-hybridized carbons (Fsp3) is 0. The number of fused-ring (bicyclic) bond motifs is 7. The highest BCUT2D eigenvalue weighted by Gasteiger charge is 2.21. The molecule has 0 unspecified atom stereocenters. The first kappa shape index (κ1) is 21.6. The molecule has 0 radical (unpaired) electrons. The van der Waals surface area contributed by atoms with Gasteiger partial charge in [0, 0.05) is 21.7 Å². The standard InChI is InChI=1S/C38H22O2/c1-2-9-28-24(7-1)19-20-35-38(28)37-29(11-6-14-34(37)40-35)25-17-15-23(16-18-25)27-21-26-8-5-13-33-36(26)31(22-27)30-10-3-4-12-32(30)39-33/h1-22H. The van der Waals surface area contributed by atoms with Crippen LogP contribution in [0.25, 0.3) is 76.9 Å². The highest BCUT2D eigenvalue weighted by atomic mass is 16.5. The van der Waals surface area contributed by atoms with Gasteiger partial charge in [0.15, 0.2) is 0 Å². The Hall–Kier alpha value is -5.34. The van der Waals surface area contributed by atoms with Crippen LogP contribution in [-0.4, -0.2) is 0 Å². The summed E-state index contributed by atoms with van der Waals surface area (Å²) in [6.07, 6.45) is 0. The van der Waals surface area contributed by atoms with Crippen LogP contribution in [-0.2, 0) is 0 Å². The summed E-state index contributed by atoms with van der Waals surface area (Å²) in [7, 11) is 0. The summed E-state index contributed by atoms with van der Waals surface area (Å²) in [5, 5.41) is 7.15. The van der Waals surface area contributed by atoms with Gasteiger partial charge in [-0.25, -0.2) is 0 Å². The quantitative estimate of drug-likeness (QED) is 0.231. The third-order valence-electron chi connectivity index (χ3n) is 8.25. The lowest BCUT2D eigenvalue weighted by atomic mass is 9.90. The van der Waals surface area contributed by atoms with Crippen molar-refractivity contribution in [3.8, 4) is 44.9 Å². The van der Waals surface area contributed by atoms with Gasteiger partial charge in [-0.05, 0) is 80.4 Å². The molecule has 1 aromatic heterocycles. The van der Waals surface area contributed by atoms with Crippen LogP contribution < -0.4 is 4.74 Å². The molecule has 40 heavy (non-hydrogen) atoms. The van der Waals surface area contributed by atoms with E-state index in [0.717, 1.165) is 28.2 Å². The summed E-state index contributed by atoms with van der Waals surface area (Å²) >= 11 is 0. The van der Waals surface area contributed by atoms with Crippen LogP contribution >= 0.6 is 0 Å². The van der Waals surface area contributed by atoms with E-state index in [1.807, 2.05) is 12.1 Å². The number of hydrogen-bond donors (Lipinski definition) is 0. The number of rotatable bonds is 2. The second-order valence-electron chi connectivity index (χ2n) is 10.5. The lowest BCUT2D eigenvalue weighted by molar-refractivity contribution is 0.487. The van der Waals surface area contributed by atoms with Gasteiger partial charge in [-0.3, -0.25) is 0 Å². The van der Waals surface area contributed by atoms with Gasteiger partial charge in [0.05, 0.1) is 0 Å². The molecule has 0 bridgehead atoms. The summed E-state index contributed by atoms with van der Waals surface area (Å²) in [6.45, 7) is 0. The predicted molar refractivity (Wildman–Crippen MR) is 165 cm³/mol. The van der Waals surface area contributed by atoms with E-state index in [1.165, 1.54) is 60.1 Å². The van der Waals surface area contributed by atoms with E-state index in [0.29, 0.717) is 0 Å². The van der Waals surface area contributed by atoms with Gasteiger partial charge in [-0.15, -0.1) is 0 Å². The molecule has 0 spiro atoms. The zero-order valence-corrected chi connectivity index (χ0v) is 21.5. The van der Waals surface area contributed by atoms with Gasteiger partial charge >= 0.3 is 0 Å². The zero-order chi connectivity index (χ0) is 26.2. The van der Waals surface area contributed by atoms with Crippen molar-refractivity contribution in [1.29, 1.82) is 0 Å². The average molecular weight is 511 g/mol. The fourth-order valence-corrected chi connectivity index (χ4v) is 6.42. The largest absolute Gasteiger partial charge is 0.456 e. The van der Waals surface area contributed by atoms with E-state index in [4.69, 9.17) is 9.15 Å². The summed E-state index contributed by atoms with van der Waals surface area (Å²) in [5.41, 5.74) is 8.93. The van der Waals surface area contributed by atoms with E-state index in [1.54, 1.807) is 0 Å². The predicted octanol–water partition coefficient (Wildman–Crippen LogP) is 11.0. The minimum absolute atomic E-state index is 0.906. The molecule has 0 amide bonds. The smallest absolute Gasteiger partial charge is 0.136 e. The van der Waals surface area contributed by atoms with Gasteiger partial charge in [-0.2, -0.15) is 0 Å². The van der Waals surface area contributed by atoms with E-state index in [2.05, 4.69) is 121 Å². The van der Waals surface area contributed by atoms with E-state index >= 15 is 0 Å². The molecule has 0 saturated heterocycles. The molecule has 9 rings (SSSR count). The molecule has 0 N–H and O–H groups in total. The molecule has 1 aliphatic heterocycles. The molecule has 0 aliphatic carbocycles. The number of benzene rings is 7. The molecule has 2 nitrogen and oxygen atoms in total. The van der Waals surface area contributed by atoms with E-state index < -0.39 is 0 Å². The Morgan fingerprint density at radius 1 is 0.375 bits per heavy atom. The summed E-state index contributed by atoms with van der Waals surface area (Å²) < 4.78 is 12.6. The number of para-hydroxylation sites is 1. The van der Waals surface area contributed by atoms with Crippen LogP contribution in [0.1, 0.15) is 0 Å². The van der Waals surface area contributed by atoms with Crippen molar-refractivity contribution in [2.24, 2.45) is 0 Å². The molecular weight excluding hydrogens is 488 g/mol. The van der Waals surface area contributed by atoms with Crippen molar-refractivity contribution in [2.75, 3.05) is 0 Å². The van der Waals surface area contributed by atoms with E-state index in [-0.39, 0.29) is 0 Å². The number of hydrogen-bond acceptors (Lipinski definition) is 2. The van der Waals surface area contributed by atoms with Crippen LogP contribution in [0.2, 0.25) is 0 Å². The molecule has 1 aliphatic rings. The van der Waals surface area contributed by atoms with Gasteiger partial charge in [0.2, 0.25) is 0 Å². The normalized spacial score (nSPS) is 12.2. The minimum atomic E-state index is 0.906. The third-order valence-corrected chi connectivity index (χ3v) is 8.25. The summed E-state index contributed by atoms with van der Waals surface area (Å²) in [5.74, 6) is 1.82. The second-order valence-corrected chi connectivity index (χ2v) is 10.5. The van der Waals surface area contributed by atoms with Gasteiger partial charge in [0.1, 0.15) is 22.7 Å². The van der Waals surface area contributed by atoms with Crippen LogP contribution in [0.5, 0.6) is 11.5 Å². The first-order chi connectivity index (χ1) is 19.8. The Morgan fingerprint density at radius 3 is 2.05 bits per heavy atom. The molecular formula is C38H22O2. The number of furan rings is 1. The van der Waals surface area contributed by atoms with Crippen molar-refractivity contribution < 1.29 is 9.15 Å². The topological polar surface area (TPSA) is 22.4 Å². The summed E-state index contributed by atoms with van der Waals surface area (Å²) in [4.78, 5) is 0. The van der Waals surface area contributed by atoms with Crippen LogP contribution in [0.3, 0.4) is 0 Å². The first-order valence-electron chi connectivity index (χ1n) is 13.6. The Kier molecular flexibility index (Phi) is 4.36. The Labute approximate surface area is 230 Å². The Balaban J connectivity index is 1.22. The van der Waals surface area contributed by atoms with Crippen molar-refractivity contribution in [3.05, 3.63) is 133 Å². The Bertz CT molecular complexity index is 2290. The van der Waals surface area contributed by atoms with Crippen LogP contribution in [0, 0.1) is 0 Å². The molecule has 0 saturated carbocycles. The first-order valence-corrected chi connectivity index (χ1v) is 13.6. The molecule has 0 fully saturated rings. The monoisotopic (exact) mass is 510 g/mol. The van der Waals surface area contributed by atoms with Crippen molar-refractivity contribution in [3.63, 3.8) is 0 Å².